The molecule has 0 spiro atoms. The molecule has 2 aliphatic rings. The summed E-state index contributed by atoms with van der Waals surface area (Å²) in [6.45, 7) is 4.44. The van der Waals surface area contributed by atoms with E-state index in [1.54, 1.807) is 0 Å². The Labute approximate surface area is 126 Å². The van der Waals surface area contributed by atoms with Gasteiger partial charge in [0, 0.05) is 24.5 Å². The molecule has 0 aromatic carbocycles. The molecule has 1 N–H and O–H groups in total. The molecule has 1 heterocycles. The zero-order valence-corrected chi connectivity index (χ0v) is 13.6. The third kappa shape index (κ3) is 3.01. The van der Waals surface area contributed by atoms with Gasteiger partial charge in [0.25, 0.3) is 0 Å². The van der Waals surface area contributed by atoms with Crippen LogP contribution in [0.1, 0.15) is 62.1 Å². The van der Waals surface area contributed by atoms with Crippen LogP contribution in [0.15, 0.2) is 0 Å². The summed E-state index contributed by atoms with van der Waals surface area (Å²) in [7, 11) is 2.23. The van der Waals surface area contributed by atoms with Crippen LogP contribution in [0.4, 0.5) is 5.13 Å². The molecule has 4 heteroatoms. The molecule has 3 nitrogen and oxygen atoms in total. The molecule has 0 bridgehead atoms. The number of rotatable bonds is 5. The van der Waals surface area contributed by atoms with E-state index in [0.29, 0.717) is 6.04 Å². The highest BCUT2D eigenvalue weighted by atomic mass is 32.1. The molecule has 1 fully saturated rings. The van der Waals surface area contributed by atoms with Crippen molar-refractivity contribution in [3.63, 3.8) is 0 Å². The molecule has 3 rings (SSSR count). The predicted molar refractivity (Wildman–Crippen MR) is 86.7 cm³/mol. The summed E-state index contributed by atoms with van der Waals surface area (Å²) in [6.07, 6.45) is 9.40. The highest BCUT2D eigenvalue weighted by Crippen LogP contribution is 2.38. The minimum Gasteiger partial charge on any atom is -0.351 e. The molecule has 2 aliphatic carbocycles. The van der Waals surface area contributed by atoms with Gasteiger partial charge in [-0.2, -0.15) is 0 Å². The van der Waals surface area contributed by atoms with Gasteiger partial charge in [-0.3, -0.25) is 0 Å². The van der Waals surface area contributed by atoms with Crippen LogP contribution in [0.3, 0.4) is 0 Å². The van der Waals surface area contributed by atoms with E-state index in [4.69, 9.17) is 4.98 Å². The Morgan fingerprint density at radius 1 is 1.25 bits per heavy atom. The summed E-state index contributed by atoms with van der Waals surface area (Å²) in [4.78, 5) is 8.84. The Kier molecular flexibility index (Phi) is 4.61. The van der Waals surface area contributed by atoms with E-state index >= 15 is 0 Å². The summed E-state index contributed by atoms with van der Waals surface area (Å²) >= 11 is 1.93. The smallest absolute Gasteiger partial charge is 0.185 e. The van der Waals surface area contributed by atoms with E-state index in [0.717, 1.165) is 12.5 Å². The molecule has 20 heavy (non-hydrogen) atoms. The van der Waals surface area contributed by atoms with Gasteiger partial charge in [0.1, 0.15) is 0 Å². The summed E-state index contributed by atoms with van der Waals surface area (Å²) < 4.78 is 0. The standard InChI is InChI=1S/C16H27N3S/c1-3-17-13-9-6-10-14-15(13)20-16(18-14)19(2)11-12-7-4-5-8-12/h12-13,17H,3-11H2,1-2H3. The number of aromatic nitrogens is 1. The molecule has 0 aliphatic heterocycles. The maximum Gasteiger partial charge on any atom is 0.185 e. The largest absolute Gasteiger partial charge is 0.351 e. The van der Waals surface area contributed by atoms with E-state index in [1.807, 2.05) is 11.3 Å². The van der Waals surface area contributed by atoms with Crippen LogP contribution in [0.5, 0.6) is 0 Å². The molecule has 1 atom stereocenters. The lowest BCUT2D eigenvalue weighted by Crippen LogP contribution is -2.23. The zero-order chi connectivity index (χ0) is 13.9. The fraction of sp³-hybridized carbons (Fsp3) is 0.812. The van der Waals surface area contributed by atoms with Gasteiger partial charge in [0.05, 0.1) is 5.69 Å². The molecule has 1 unspecified atom stereocenters. The normalized spacial score (nSPS) is 23.0. The highest BCUT2D eigenvalue weighted by Gasteiger charge is 2.25. The number of aryl methyl sites for hydroxylation is 1. The fourth-order valence-electron chi connectivity index (χ4n) is 3.67. The average Bonchev–Trinajstić information content (AvgIpc) is 3.08. The van der Waals surface area contributed by atoms with Crippen molar-refractivity contribution < 1.29 is 0 Å². The minimum atomic E-state index is 0.551. The van der Waals surface area contributed by atoms with Crippen molar-refractivity contribution in [3.8, 4) is 0 Å². The molecule has 1 aromatic rings. The van der Waals surface area contributed by atoms with Crippen molar-refractivity contribution in [2.24, 2.45) is 5.92 Å². The molecule has 1 aromatic heterocycles. The molecule has 0 amide bonds. The lowest BCUT2D eigenvalue weighted by atomic mass is 9.98. The van der Waals surface area contributed by atoms with Gasteiger partial charge in [0.15, 0.2) is 5.13 Å². The van der Waals surface area contributed by atoms with E-state index in [1.165, 1.54) is 67.2 Å². The summed E-state index contributed by atoms with van der Waals surface area (Å²) in [6, 6.07) is 0.551. The van der Waals surface area contributed by atoms with Crippen molar-refractivity contribution in [1.29, 1.82) is 0 Å². The first-order chi connectivity index (χ1) is 9.78. The van der Waals surface area contributed by atoms with Crippen LogP contribution in [-0.2, 0) is 6.42 Å². The predicted octanol–water partition coefficient (Wildman–Crippen LogP) is 3.76. The first kappa shape index (κ1) is 14.3. The molecule has 0 saturated heterocycles. The van der Waals surface area contributed by atoms with Crippen LogP contribution >= 0.6 is 11.3 Å². The van der Waals surface area contributed by atoms with Gasteiger partial charge >= 0.3 is 0 Å². The van der Waals surface area contributed by atoms with Crippen LogP contribution < -0.4 is 10.2 Å². The Hall–Kier alpha value is -0.610. The van der Waals surface area contributed by atoms with Crippen LogP contribution in [0.25, 0.3) is 0 Å². The Bertz CT molecular complexity index is 437. The quantitative estimate of drug-likeness (QED) is 0.896. The number of hydrogen-bond donors (Lipinski definition) is 1. The van der Waals surface area contributed by atoms with Crippen LogP contribution in [-0.4, -0.2) is 25.1 Å². The van der Waals surface area contributed by atoms with Crippen LogP contribution in [0, 0.1) is 5.92 Å². The summed E-state index contributed by atoms with van der Waals surface area (Å²) in [5, 5.41) is 4.86. The van der Waals surface area contributed by atoms with Gasteiger partial charge in [-0.25, -0.2) is 4.98 Å². The average molecular weight is 293 g/mol. The maximum atomic E-state index is 4.93. The van der Waals surface area contributed by atoms with Crippen LogP contribution in [0.2, 0.25) is 0 Å². The first-order valence-corrected chi connectivity index (χ1v) is 9.03. The summed E-state index contributed by atoms with van der Waals surface area (Å²) in [5.74, 6) is 0.894. The second-order valence-electron chi connectivity index (χ2n) is 6.34. The zero-order valence-electron chi connectivity index (χ0n) is 12.8. The van der Waals surface area contributed by atoms with E-state index < -0.39 is 0 Å². The third-order valence-electron chi connectivity index (χ3n) is 4.72. The van der Waals surface area contributed by atoms with Gasteiger partial charge in [-0.1, -0.05) is 31.1 Å². The fourth-order valence-corrected chi connectivity index (χ4v) is 4.86. The van der Waals surface area contributed by atoms with Crippen molar-refractivity contribution in [1.82, 2.24) is 10.3 Å². The number of thiazole rings is 1. The number of hydrogen-bond acceptors (Lipinski definition) is 4. The molecule has 112 valence electrons. The van der Waals surface area contributed by atoms with Crippen molar-refractivity contribution in [2.45, 2.75) is 57.9 Å². The third-order valence-corrected chi connectivity index (χ3v) is 6.05. The van der Waals surface area contributed by atoms with E-state index in [9.17, 15) is 0 Å². The summed E-state index contributed by atoms with van der Waals surface area (Å²) in [5.41, 5.74) is 1.36. The van der Waals surface area contributed by atoms with Gasteiger partial charge in [-0.15, -0.1) is 0 Å². The van der Waals surface area contributed by atoms with E-state index in [2.05, 4.69) is 24.2 Å². The number of nitrogens with one attached hydrogen (secondary N) is 1. The van der Waals surface area contributed by atoms with Gasteiger partial charge < -0.3 is 10.2 Å². The second kappa shape index (κ2) is 6.44. The SMILES string of the molecule is CCNC1CCCc2nc(N(C)CC3CCCC3)sc21. The molecule has 1 saturated carbocycles. The molecule has 0 radical (unpaired) electrons. The number of nitrogens with zero attached hydrogens (tertiary/aromatic N) is 2. The lowest BCUT2D eigenvalue weighted by Gasteiger charge is -2.21. The maximum absolute atomic E-state index is 4.93. The molecular weight excluding hydrogens is 266 g/mol. The van der Waals surface area contributed by atoms with Gasteiger partial charge in [-0.05, 0) is 44.6 Å². The Morgan fingerprint density at radius 2 is 2.05 bits per heavy atom. The first-order valence-electron chi connectivity index (χ1n) is 8.22. The van der Waals surface area contributed by atoms with Crippen molar-refractivity contribution >= 4 is 16.5 Å². The second-order valence-corrected chi connectivity index (χ2v) is 7.35. The van der Waals surface area contributed by atoms with Crippen molar-refractivity contribution in [3.05, 3.63) is 10.6 Å². The highest BCUT2D eigenvalue weighted by molar-refractivity contribution is 7.15. The van der Waals surface area contributed by atoms with Gasteiger partial charge in [0.2, 0.25) is 0 Å². The lowest BCUT2D eigenvalue weighted by molar-refractivity contribution is 0.476. The topological polar surface area (TPSA) is 28.2 Å². The minimum absolute atomic E-state index is 0.551. The molecular formula is C16H27N3S. The van der Waals surface area contributed by atoms with Crippen molar-refractivity contribution in [2.75, 3.05) is 25.0 Å². The number of anilines is 1. The van der Waals surface area contributed by atoms with E-state index in [-0.39, 0.29) is 0 Å². The Morgan fingerprint density at radius 3 is 2.80 bits per heavy atom. The Balaban J connectivity index is 1.70. The monoisotopic (exact) mass is 293 g/mol. The number of fused-ring (bicyclic) bond motifs is 1.